The van der Waals surface area contributed by atoms with Crippen molar-refractivity contribution in [2.75, 3.05) is 27.0 Å². The predicted octanol–water partition coefficient (Wildman–Crippen LogP) is 7.64. The molecule has 2 aromatic rings. The van der Waals surface area contributed by atoms with Gasteiger partial charge in [-0.05, 0) is 87.7 Å². The Labute approximate surface area is 256 Å². The molecule has 0 saturated heterocycles. The molecule has 2 fully saturated rings. The lowest BCUT2D eigenvalue weighted by Gasteiger charge is -2.47. The number of esters is 1. The molecule has 7 heteroatoms. The van der Waals surface area contributed by atoms with Crippen molar-refractivity contribution < 1.29 is 9.53 Å². The van der Waals surface area contributed by atoms with Gasteiger partial charge in [-0.25, -0.2) is 4.79 Å². The van der Waals surface area contributed by atoms with E-state index in [-0.39, 0.29) is 12.0 Å². The van der Waals surface area contributed by atoms with Gasteiger partial charge in [-0.2, -0.15) is 11.8 Å². The zero-order chi connectivity index (χ0) is 28.8. The molecule has 0 N–H and O–H groups in total. The SMILES string of the molecule is COC(=O)C1(CSCc2ccccc2)N=CN(C2CCCCC2)C1C1CCC(C(c2ccc(Cl)cc2)N(C)C)CC1. The van der Waals surface area contributed by atoms with E-state index in [0.717, 1.165) is 36.5 Å². The van der Waals surface area contributed by atoms with Crippen LogP contribution in [0.4, 0.5) is 0 Å². The minimum atomic E-state index is -0.861. The topological polar surface area (TPSA) is 45.1 Å². The first-order valence-corrected chi connectivity index (χ1v) is 16.9. The lowest BCUT2D eigenvalue weighted by Crippen LogP contribution is -2.59. The number of hydrogen-bond acceptors (Lipinski definition) is 6. The van der Waals surface area contributed by atoms with Crippen molar-refractivity contribution in [3.05, 3.63) is 70.7 Å². The normalized spacial score (nSPS) is 27.7. The molecule has 0 spiro atoms. The Kier molecular flexibility index (Phi) is 10.4. The van der Waals surface area contributed by atoms with E-state index < -0.39 is 5.54 Å². The fourth-order valence-electron chi connectivity index (χ4n) is 7.76. The van der Waals surface area contributed by atoms with Crippen LogP contribution < -0.4 is 0 Å². The molecule has 2 saturated carbocycles. The van der Waals surface area contributed by atoms with Crippen molar-refractivity contribution in [3.8, 4) is 0 Å². The maximum absolute atomic E-state index is 13.7. The molecule has 2 aliphatic carbocycles. The van der Waals surface area contributed by atoms with Gasteiger partial charge in [0.1, 0.15) is 0 Å². The second-order valence-corrected chi connectivity index (χ2v) is 13.9. The average Bonchev–Trinajstić information content (AvgIpc) is 3.39. The number of ether oxygens (including phenoxy) is 1. The number of halogens is 1. The Morgan fingerprint density at radius 1 is 1.02 bits per heavy atom. The molecule has 3 unspecified atom stereocenters. The minimum absolute atomic E-state index is 0.0515. The highest BCUT2D eigenvalue weighted by Gasteiger charge is 2.56. The summed E-state index contributed by atoms with van der Waals surface area (Å²) in [6, 6.07) is 19.8. The van der Waals surface area contributed by atoms with Crippen LogP contribution in [0, 0.1) is 11.8 Å². The van der Waals surface area contributed by atoms with Gasteiger partial charge >= 0.3 is 5.97 Å². The molecule has 0 aromatic heterocycles. The zero-order valence-electron chi connectivity index (χ0n) is 24.9. The monoisotopic (exact) mass is 595 g/mol. The summed E-state index contributed by atoms with van der Waals surface area (Å²) in [5.41, 5.74) is 1.75. The van der Waals surface area contributed by atoms with Gasteiger partial charge in [-0.3, -0.25) is 4.99 Å². The molecule has 5 nitrogen and oxygen atoms in total. The fourth-order valence-corrected chi connectivity index (χ4v) is 9.09. The van der Waals surface area contributed by atoms with E-state index in [4.69, 9.17) is 21.3 Å². The Bertz CT molecular complexity index is 1150. The highest BCUT2D eigenvalue weighted by molar-refractivity contribution is 7.98. The van der Waals surface area contributed by atoms with Crippen molar-refractivity contribution in [1.82, 2.24) is 9.80 Å². The van der Waals surface area contributed by atoms with E-state index in [1.54, 1.807) is 0 Å². The van der Waals surface area contributed by atoms with Crippen LogP contribution in [0.2, 0.25) is 5.02 Å². The summed E-state index contributed by atoms with van der Waals surface area (Å²) >= 11 is 8.03. The van der Waals surface area contributed by atoms with E-state index in [9.17, 15) is 4.79 Å². The highest BCUT2D eigenvalue weighted by Crippen LogP contribution is 2.47. The molecule has 1 aliphatic heterocycles. The number of thioether (sulfide) groups is 1. The first-order chi connectivity index (χ1) is 19.9. The highest BCUT2D eigenvalue weighted by atomic mass is 35.5. The van der Waals surface area contributed by atoms with Crippen LogP contribution >= 0.6 is 23.4 Å². The molecule has 5 rings (SSSR count). The van der Waals surface area contributed by atoms with Crippen LogP contribution in [0.15, 0.2) is 59.6 Å². The largest absolute Gasteiger partial charge is 0.467 e. The van der Waals surface area contributed by atoms with Gasteiger partial charge in [0.25, 0.3) is 0 Å². The summed E-state index contributed by atoms with van der Waals surface area (Å²) in [5.74, 6) is 2.30. The number of hydrogen-bond donors (Lipinski definition) is 0. The first-order valence-electron chi connectivity index (χ1n) is 15.4. The molecule has 0 bridgehead atoms. The molecule has 41 heavy (non-hydrogen) atoms. The number of rotatable bonds is 10. The van der Waals surface area contributed by atoms with Crippen LogP contribution in [-0.4, -0.2) is 66.7 Å². The number of methoxy groups -OCH3 is 1. The van der Waals surface area contributed by atoms with Crippen LogP contribution in [0.25, 0.3) is 0 Å². The number of aliphatic imine (C=N–C) groups is 1. The van der Waals surface area contributed by atoms with E-state index in [0.29, 0.717) is 29.7 Å². The molecular formula is C34H46ClN3O2S. The Morgan fingerprint density at radius 3 is 2.34 bits per heavy atom. The lowest BCUT2D eigenvalue weighted by atomic mass is 9.70. The Balaban J connectivity index is 1.37. The van der Waals surface area contributed by atoms with Crippen LogP contribution in [0.3, 0.4) is 0 Å². The van der Waals surface area contributed by atoms with E-state index in [1.165, 1.54) is 50.3 Å². The second-order valence-electron chi connectivity index (χ2n) is 12.5. The van der Waals surface area contributed by atoms with Gasteiger partial charge in [0.15, 0.2) is 5.54 Å². The van der Waals surface area contributed by atoms with Gasteiger partial charge in [-0.1, -0.05) is 73.3 Å². The Morgan fingerprint density at radius 2 is 1.71 bits per heavy atom. The van der Waals surface area contributed by atoms with Crippen molar-refractivity contribution >= 4 is 35.7 Å². The van der Waals surface area contributed by atoms with Gasteiger partial charge in [-0.15, -0.1) is 0 Å². The fraction of sp³-hybridized carbons (Fsp3) is 0.588. The first kappa shape index (κ1) is 30.4. The van der Waals surface area contributed by atoms with Crippen LogP contribution in [0.1, 0.15) is 75.0 Å². The molecule has 0 radical (unpaired) electrons. The zero-order valence-corrected chi connectivity index (χ0v) is 26.5. The van der Waals surface area contributed by atoms with Gasteiger partial charge in [0, 0.05) is 28.6 Å². The Hall–Kier alpha value is -2.02. The molecule has 222 valence electrons. The molecular weight excluding hydrogens is 550 g/mol. The molecule has 2 aromatic carbocycles. The quantitative estimate of drug-likeness (QED) is 0.264. The molecule has 0 amide bonds. The lowest BCUT2D eigenvalue weighted by molar-refractivity contribution is -0.148. The summed E-state index contributed by atoms with van der Waals surface area (Å²) in [7, 11) is 5.91. The number of nitrogens with zero attached hydrogens (tertiary/aromatic N) is 3. The summed E-state index contributed by atoms with van der Waals surface area (Å²) in [6.07, 6.45) is 12.7. The van der Waals surface area contributed by atoms with Crippen LogP contribution in [-0.2, 0) is 15.3 Å². The van der Waals surface area contributed by atoms with E-state index in [1.807, 2.05) is 36.3 Å². The number of benzene rings is 2. The summed E-state index contributed by atoms with van der Waals surface area (Å²) < 4.78 is 5.55. The predicted molar refractivity (Wildman–Crippen MR) is 172 cm³/mol. The third-order valence-corrected chi connectivity index (χ3v) is 11.1. The van der Waals surface area contributed by atoms with Gasteiger partial charge in [0.05, 0.1) is 19.5 Å². The van der Waals surface area contributed by atoms with Gasteiger partial charge < -0.3 is 14.5 Å². The second kappa shape index (κ2) is 14.0. The summed E-state index contributed by atoms with van der Waals surface area (Å²) in [4.78, 5) is 23.7. The third kappa shape index (κ3) is 6.81. The van der Waals surface area contributed by atoms with E-state index in [2.05, 4.69) is 60.3 Å². The standard InChI is InChI=1S/C34H46ClN3O2S/c1-37(2)31(27-18-20-29(35)21-19-27)26-14-16-28(17-15-26)32-34(33(39)40-3,23-41-22-25-10-6-4-7-11-25)36-24-38(32)30-12-8-5-9-13-30/h4,6-7,10-11,18-21,24,26,28,30-32H,5,8-9,12-17,22-23H2,1-3H3. The van der Waals surface area contributed by atoms with E-state index >= 15 is 0 Å². The van der Waals surface area contributed by atoms with Crippen molar-refractivity contribution in [3.63, 3.8) is 0 Å². The van der Waals surface area contributed by atoms with Crippen LogP contribution in [0.5, 0.6) is 0 Å². The number of carbonyl (C=O) groups excluding carboxylic acids is 1. The van der Waals surface area contributed by atoms with Gasteiger partial charge in [0.2, 0.25) is 0 Å². The number of carbonyl (C=O) groups is 1. The maximum atomic E-state index is 13.7. The average molecular weight is 596 g/mol. The molecule has 3 atom stereocenters. The smallest absolute Gasteiger partial charge is 0.336 e. The minimum Gasteiger partial charge on any atom is -0.467 e. The van der Waals surface area contributed by atoms with Crippen molar-refractivity contribution in [2.45, 2.75) is 87.2 Å². The summed E-state index contributed by atoms with van der Waals surface area (Å²) in [6.45, 7) is 0. The molecule has 1 heterocycles. The maximum Gasteiger partial charge on any atom is 0.336 e. The summed E-state index contributed by atoms with van der Waals surface area (Å²) in [5, 5.41) is 0.781. The molecule has 3 aliphatic rings. The van der Waals surface area contributed by atoms with Crippen molar-refractivity contribution in [1.29, 1.82) is 0 Å². The van der Waals surface area contributed by atoms with Crippen molar-refractivity contribution in [2.24, 2.45) is 16.8 Å². The third-order valence-electron chi connectivity index (χ3n) is 9.68.